The Labute approximate surface area is 205 Å². The van der Waals surface area contributed by atoms with Crippen molar-refractivity contribution >= 4 is 22.8 Å². The molecule has 0 fully saturated rings. The van der Waals surface area contributed by atoms with Crippen LogP contribution in [-0.4, -0.2) is 11.4 Å². The quantitative estimate of drug-likeness (QED) is 0.214. The largest absolute Gasteiger partial charge is 2.00 e. The van der Waals surface area contributed by atoms with E-state index < -0.39 is 0 Å². The summed E-state index contributed by atoms with van der Waals surface area (Å²) in [7, 11) is 0. The second kappa shape index (κ2) is 12.0. The normalized spacial score (nSPS) is 11.4. The van der Waals surface area contributed by atoms with E-state index in [9.17, 15) is 0 Å². The van der Waals surface area contributed by atoms with Crippen molar-refractivity contribution in [2.45, 2.75) is 55.4 Å². The molecule has 4 heteroatoms. The first-order chi connectivity index (χ1) is 13.7. The van der Waals surface area contributed by atoms with Gasteiger partial charge in [-0.1, -0.05) is 35.4 Å². The van der Waals surface area contributed by atoms with Gasteiger partial charge in [-0.15, -0.1) is 0 Å². The molecule has 1 aromatic heterocycles. The molecule has 2 aromatic carbocycles. The van der Waals surface area contributed by atoms with Gasteiger partial charge in [-0.3, -0.25) is 0 Å². The van der Waals surface area contributed by atoms with E-state index in [1.54, 1.807) is 0 Å². The molecule has 3 rings (SSSR count). The summed E-state index contributed by atoms with van der Waals surface area (Å²) in [6, 6.07) is 12.6. The van der Waals surface area contributed by atoms with Crippen molar-refractivity contribution in [1.82, 2.24) is 0 Å². The number of aryl methyl sites for hydroxylation is 6. The number of nitrogens with zero attached hydrogens (tertiary/aromatic N) is 2. The Morgan fingerprint density at radius 1 is 0.594 bits per heavy atom. The monoisotopic (exact) mass is 472 g/mol. The van der Waals surface area contributed by atoms with Crippen LogP contribution in [0, 0.1) is 56.4 Å². The van der Waals surface area contributed by atoms with E-state index in [0.717, 1.165) is 34.3 Å². The summed E-state index contributed by atoms with van der Waals surface area (Å²) in [5.41, 5.74) is 11.0. The summed E-state index contributed by atoms with van der Waals surface area (Å²) in [6.45, 7) is 16.6. The van der Waals surface area contributed by atoms with E-state index in [0.29, 0.717) is 0 Å². The van der Waals surface area contributed by atoms with Crippen LogP contribution in [0.4, 0.5) is 11.4 Å². The smallest absolute Gasteiger partial charge is 0.454 e. The SMILES string of the molecule is CC(=Nc1c(C)cc(C)cc1C)c1ccc(C(C)=Nc2c(C)cc(C)cc2C)o1.[CH3-].[CH3-].[Fe+2]. The third kappa shape index (κ3) is 6.54. The van der Waals surface area contributed by atoms with Gasteiger partial charge in [-0.25, -0.2) is 9.98 Å². The van der Waals surface area contributed by atoms with Crippen LogP contribution in [0.2, 0.25) is 0 Å². The molecule has 0 spiro atoms. The Balaban J connectivity index is 0.00000320. The molecule has 0 radical (unpaired) electrons. The molecule has 3 aromatic rings. The molecule has 3 nitrogen and oxygen atoms in total. The second-order valence-corrected chi connectivity index (χ2v) is 8.05. The minimum Gasteiger partial charge on any atom is -0.454 e. The molecule has 0 saturated heterocycles. The van der Waals surface area contributed by atoms with Gasteiger partial charge in [0.1, 0.15) is 11.5 Å². The van der Waals surface area contributed by atoms with Crippen molar-refractivity contribution < 1.29 is 21.5 Å². The van der Waals surface area contributed by atoms with Crippen molar-refractivity contribution in [2.24, 2.45) is 9.98 Å². The Hall–Kier alpha value is -2.42. The maximum absolute atomic E-state index is 6.10. The van der Waals surface area contributed by atoms with Gasteiger partial charge in [0.05, 0.1) is 22.8 Å². The van der Waals surface area contributed by atoms with Crippen LogP contribution in [0.3, 0.4) is 0 Å². The van der Waals surface area contributed by atoms with Gasteiger partial charge in [0.2, 0.25) is 0 Å². The molecule has 0 atom stereocenters. The summed E-state index contributed by atoms with van der Waals surface area (Å²) in [5, 5.41) is 0. The predicted octanol–water partition coefficient (Wildman–Crippen LogP) is 8.31. The summed E-state index contributed by atoms with van der Waals surface area (Å²) < 4.78 is 6.10. The Morgan fingerprint density at radius 3 is 1.16 bits per heavy atom. The zero-order chi connectivity index (χ0) is 21.3. The number of aliphatic imine (C=N–C) groups is 2. The average molecular weight is 472 g/mol. The zero-order valence-corrected chi connectivity index (χ0v) is 22.2. The third-order valence-electron chi connectivity index (χ3n) is 5.15. The molecule has 0 unspecified atom stereocenters. The maximum Gasteiger partial charge on any atom is 2.00 e. The first-order valence-corrected chi connectivity index (χ1v) is 10.0. The van der Waals surface area contributed by atoms with Gasteiger partial charge < -0.3 is 19.3 Å². The number of furan rings is 1. The molecule has 1 heterocycles. The Bertz CT molecular complexity index is 1000. The van der Waals surface area contributed by atoms with Crippen molar-refractivity contribution in [1.29, 1.82) is 0 Å². The van der Waals surface area contributed by atoms with Gasteiger partial charge >= 0.3 is 17.1 Å². The molecule has 0 amide bonds. The summed E-state index contributed by atoms with van der Waals surface area (Å²) in [4.78, 5) is 9.69. The van der Waals surface area contributed by atoms with E-state index in [-0.39, 0.29) is 31.9 Å². The topological polar surface area (TPSA) is 37.9 Å². The minimum absolute atomic E-state index is 0. The Kier molecular flexibility index (Phi) is 11.1. The van der Waals surface area contributed by atoms with Crippen LogP contribution in [0.1, 0.15) is 58.7 Å². The third-order valence-corrected chi connectivity index (χ3v) is 5.15. The second-order valence-electron chi connectivity index (χ2n) is 8.05. The molecule has 0 saturated carbocycles. The fourth-order valence-electron chi connectivity index (χ4n) is 3.87. The van der Waals surface area contributed by atoms with E-state index in [2.05, 4.69) is 65.8 Å². The molecular formula is C28H36FeN2O. The predicted molar refractivity (Wildman–Crippen MR) is 137 cm³/mol. The van der Waals surface area contributed by atoms with Crippen LogP contribution >= 0.6 is 0 Å². The maximum atomic E-state index is 6.10. The summed E-state index contributed by atoms with van der Waals surface area (Å²) >= 11 is 0. The zero-order valence-electron chi connectivity index (χ0n) is 21.1. The molecule has 172 valence electrons. The molecule has 0 aliphatic heterocycles. The molecule has 32 heavy (non-hydrogen) atoms. The van der Waals surface area contributed by atoms with Gasteiger partial charge in [0, 0.05) is 0 Å². The molecule has 0 bridgehead atoms. The molecular weight excluding hydrogens is 436 g/mol. The molecule has 0 aliphatic rings. The van der Waals surface area contributed by atoms with E-state index in [1.807, 2.05) is 26.0 Å². The van der Waals surface area contributed by atoms with Crippen LogP contribution in [0.25, 0.3) is 0 Å². The van der Waals surface area contributed by atoms with Crippen LogP contribution in [0.15, 0.2) is 50.8 Å². The standard InChI is InChI=1S/C26H30N2O.2CH3.Fe/c1-15-11-17(3)25(18(4)12-15)27-21(7)23-9-10-24(29-23)22(8)28-26-19(5)13-16(2)14-20(26)6;;;/h9-14H,1-8H3;2*1H3;/q;2*-1;+2. The molecule has 0 aliphatic carbocycles. The fourth-order valence-corrected chi connectivity index (χ4v) is 3.87. The van der Waals surface area contributed by atoms with Crippen molar-refractivity contribution in [3.8, 4) is 0 Å². The van der Waals surface area contributed by atoms with E-state index in [4.69, 9.17) is 14.4 Å². The average Bonchev–Trinajstić information content (AvgIpc) is 3.11. The number of hydrogen-bond acceptors (Lipinski definition) is 3. The van der Waals surface area contributed by atoms with Crippen molar-refractivity contribution in [2.75, 3.05) is 0 Å². The van der Waals surface area contributed by atoms with Gasteiger partial charge in [-0.05, 0) is 89.8 Å². The van der Waals surface area contributed by atoms with Crippen molar-refractivity contribution in [3.05, 3.63) is 96.2 Å². The van der Waals surface area contributed by atoms with Crippen LogP contribution in [0.5, 0.6) is 0 Å². The minimum atomic E-state index is 0. The first kappa shape index (κ1) is 29.6. The van der Waals surface area contributed by atoms with Gasteiger partial charge in [0.15, 0.2) is 0 Å². The Morgan fingerprint density at radius 2 is 0.875 bits per heavy atom. The van der Waals surface area contributed by atoms with Crippen LogP contribution in [-0.2, 0) is 17.1 Å². The number of hydrogen-bond donors (Lipinski definition) is 0. The molecule has 0 N–H and O–H groups in total. The summed E-state index contributed by atoms with van der Waals surface area (Å²) in [6.07, 6.45) is 0. The van der Waals surface area contributed by atoms with Gasteiger partial charge in [-0.2, -0.15) is 0 Å². The van der Waals surface area contributed by atoms with Crippen molar-refractivity contribution in [3.63, 3.8) is 0 Å². The number of rotatable bonds is 4. The van der Waals surface area contributed by atoms with Crippen LogP contribution < -0.4 is 0 Å². The first-order valence-electron chi connectivity index (χ1n) is 10.0. The fraction of sp³-hybridized carbons (Fsp3) is 0.286. The van der Waals surface area contributed by atoms with E-state index >= 15 is 0 Å². The van der Waals surface area contributed by atoms with E-state index in [1.165, 1.54) is 33.4 Å². The number of benzene rings is 2. The summed E-state index contributed by atoms with van der Waals surface area (Å²) in [5.74, 6) is 1.54. The van der Waals surface area contributed by atoms with Gasteiger partial charge in [0.25, 0.3) is 0 Å².